The number of halogens is 2. The van der Waals surface area contributed by atoms with E-state index in [2.05, 4.69) is 10.1 Å². The Bertz CT molecular complexity index is 704. The summed E-state index contributed by atoms with van der Waals surface area (Å²) in [6, 6.07) is 4.74. The first-order valence-corrected chi connectivity index (χ1v) is 5.89. The molecule has 3 aromatic heterocycles. The lowest BCUT2D eigenvalue weighted by Gasteiger charge is -2.05. The number of aryl methyl sites for hydroxylation is 1. The average Bonchev–Trinajstić information content (AvgIpc) is 3.06. The van der Waals surface area contributed by atoms with Crippen LogP contribution in [-0.4, -0.2) is 14.8 Å². The molecular weight excluding hydrogens is 252 g/mol. The quantitative estimate of drug-likeness (QED) is 0.724. The zero-order chi connectivity index (χ0) is 13.4. The lowest BCUT2D eigenvalue weighted by molar-refractivity contribution is 0.153. The van der Waals surface area contributed by atoms with Crippen LogP contribution in [0, 0.1) is 0 Å². The minimum absolute atomic E-state index is 0.0731. The zero-order valence-electron chi connectivity index (χ0n) is 10.2. The van der Waals surface area contributed by atoms with Crippen molar-refractivity contribution in [3.05, 3.63) is 36.2 Å². The molecule has 19 heavy (non-hydrogen) atoms. The molecule has 3 heterocycles. The molecule has 0 unspecified atom stereocenters. The van der Waals surface area contributed by atoms with Crippen LogP contribution in [0.5, 0.6) is 0 Å². The van der Waals surface area contributed by atoms with E-state index in [1.807, 2.05) is 6.92 Å². The van der Waals surface area contributed by atoms with E-state index in [0.29, 0.717) is 29.0 Å². The molecule has 0 aliphatic rings. The first-order valence-electron chi connectivity index (χ1n) is 5.89. The van der Waals surface area contributed by atoms with Crippen LogP contribution >= 0.6 is 0 Å². The normalized spacial score (nSPS) is 11.6. The minimum Gasteiger partial charge on any atom is -0.463 e. The maximum Gasteiger partial charge on any atom is 0.264 e. The van der Waals surface area contributed by atoms with E-state index < -0.39 is 6.43 Å². The Morgan fingerprint density at radius 1 is 1.42 bits per heavy atom. The number of hydrogen-bond donors (Lipinski definition) is 0. The van der Waals surface area contributed by atoms with Crippen LogP contribution in [-0.2, 0) is 6.54 Å². The summed E-state index contributed by atoms with van der Waals surface area (Å²) in [7, 11) is 0. The summed E-state index contributed by atoms with van der Waals surface area (Å²) in [6.07, 6.45) is 0.341. The van der Waals surface area contributed by atoms with Gasteiger partial charge in [0, 0.05) is 17.5 Å². The van der Waals surface area contributed by atoms with Crippen molar-refractivity contribution < 1.29 is 13.2 Å². The van der Waals surface area contributed by atoms with E-state index in [1.54, 1.807) is 16.8 Å². The number of fused-ring (bicyclic) bond motifs is 1. The molecule has 0 amide bonds. The molecule has 3 aromatic rings. The summed E-state index contributed by atoms with van der Waals surface area (Å²) in [5.74, 6) is 0.465. The van der Waals surface area contributed by atoms with E-state index in [9.17, 15) is 8.78 Å². The highest BCUT2D eigenvalue weighted by Gasteiger charge is 2.18. The van der Waals surface area contributed by atoms with Gasteiger partial charge in [-0.05, 0) is 25.1 Å². The highest BCUT2D eigenvalue weighted by atomic mass is 19.3. The molecule has 0 saturated carbocycles. The standard InChI is InChI=1S/C13H11F2N3O/c1-2-18-13-9(7-16-18)8(12(14)15)6-10(17-13)11-4-3-5-19-11/h3-7,12H,2H2,1H3. The van der Waals surface area contributed by atoms with E-state index in [-0.39, 0.29) is 5.56 Å². The van der Waals surface area contributed by atoms with Crippen molar-refractivity contribution in [2.45, 2.75) is 19.9 Å². The van der Waals surface area contributed by atoms with Gasteiger partial charge < -0.3 is 4.42 Å². The fourth-order valence-corrected chi connectivity index (χ4v) is 2.03. The molecule has 6 heteroatoms. The first kappa shape index (κ1) is 11.8. The highest BCUT2D eigenvalue weighted by Crippen LogP contribution is 2.31. The van der Waals surface area contributed by atoms with Gasteiger partial charge in [-0.1, -0.05) is 0 Å². The predicted octanol–water partition coefficient (Wildman–Crippen LogP) is 3.65. The largest absolute Gasteiger partial charge is 0.463 e. The van der Waals surface area contributed by atoms with Crippen LogP contribution in [0.15, 0.2) is 35.1 Å². The third kappa shape index (κ3) is 1.89. The van der Waals surface area contributed by atoms with Gasteiger partial charge in [-0.15, -0.1) is 0 Å². The molecule has 0 spiro atoms. The van der Waals surface area contributed by atoms with Gasteiger partial charge >= 0.3 is 0 Å². The van der Waals surface area contributed by atoms with Gasteiger partial charge in [-0.25, -0.2) is 18.4 Å². The average molecular weight is 263 g/mol. The van der Waals surface area contributed by atoms with Crippen LogP contribution < -0.4 is 0 Å². The van der Waals surface area contributed by atoms with Gasteiger partial charge in [-0.3, -0.25) is 0 Å². The number of rotatable bonds is 3. The Labute approximate surface area is 107 Å². The fourth-order valence-electron chi connectivity index (χ4n) is 2.03. The summed E-state index contributed by atoms with van der Waals surface area (Å²) in [5.41, 5.74) is 0.769. The maximum atomic E-state index is 13.1. The van der Waals surface area contributed by atoms with Crippen molar-refractivity contribution in [2.24, 2.45) is 0 Å². The van der Waals surface area contributed by atoms with Gasteiger partial charge in [0.2, 0.25) is 0 Å². The molecule has 0 aliphatic heterocycles. The number of alkyl halides is 2. The van der Waals surface area contributed by atoms with Gasteiger partial charge in [0.05, 0.1) is 12.5 Å². The van der Waals surface area contributed by atoms with Crippen LogP contribution in [0.4, 0.5) is 8.78 Å². The number of nitrogens with zero attached hydrogens (tertiary/aromatic N) is 3. The molecule has 0 N–H and O–H groups in total. The van der Waals surface area contributed by atoms with Crippen molar-refractivity contribution in [3.63, 3.8) is 0 Å². The van der Waals surface area contributed by atoms with Gasteiger partial charge in [0.15, 0.2) is 11.4 Å². The van der Waals surface area contributed by atoms with Crippen LogP contribution in [0.2, 0.25) is 0 Å². The van der Waals surface area contributed by atoms with Crippen molar-refractivity contribution in [1.29, 1.82) is 0 Å². The fraction of sp³-hybridized carbons (Fsp3) is 0.231. The molecule has 0 fully saturated rings. The SMILES string of the molecule is CCn1ncc2c(C(F)F)cc(-c3ccco3)nc21. The summed E-state index contributed by atoms with van der Waals surface area (Å²) in [4.78, 5) is 4.36. The topological polar surface area (TPSA) is 43.9 Å². The molecule has 98 valence electrons. The van der Waals surface area contributed by atoms with E-state index in [4.69, 9.17) is 4.42 Å². The molecule has 0 bridgehead atoms. The molecule has 0 aromatic carbocycles. The molecule has 3 rings (SSSR count). The maximum absolute atomic E-state index is 13.1. The number of furan rings is 1. The molecular formula is C13H11F2N3O. The second kappa shape index (κ2) is 4.46. The van der Waals surface area contributed by atoms with E-state index in [0.717, 1.165) is 0 Å². The number of aromatic nitrogens is 3. The van der Waals surface area contributed by atoms with Crippen molar-refractivity contribution in [1.82, 2.24) is 14.8 Å². The third-order valence-corrected chi connectivity index (χ3v) is 2.95. The van der Waals surface area contributed by atoms with Crippen LogP contribution in [0.1, 0.15) is 18.9 Å². The summed E-state index contributed by atoms with van der Waals surface area (Å²) >= 11 is 0. The van der Waals surface area contributed by atoms with Crippen molar-refractivity contribution in [2.75, 3.05) is 0 Å². The Balaban J connectivity index is 2.30. The second-order valence-corrected chi connectivity index (χ2v) is 4.07. The lowest BCUT2D eigenvalue weighted by atomic mass is 10.1. The highest BCUT2D eigenvalue weighted by molar-refractivity contribution is 5.82. The van der Waals surface area contributed by atoms with Crippen molar-refractivity contribution in [3.8, 4) is 11.5 Å². The Morgan fingerprint density at radius 2 is 2.26 bits per heavy atom. The smallest absolute Gasteiger partial charge is 0.264 e. The van der Waals surface area contributed by atoms with Crippen LogP contribution in [0.25, 0.3) is 22.5 Å². The predicted molar refractivity (Wildman–Crippen MR) is 65.9 cm³/mol. The molecule has 0 radical (unpaired) electrons. The summed E-state index contributed by atoms with van der Waals surface area (Å²) in [5, 5.41) is 4.45. The van der Waals surface area contributed by atoms with Crippen molar-refractivity contribution >= 4 is 11.0 Å². The van der Waals surface area contributed by atoms with Crippen LogP contribution in [0.3, 0.4) is 0 Å². The molecule has 4 nitrogen and oxygen atoms in total. The first-order chi connectivity index (χ1) is 9.20. The minimum atomic E-state index is -2.58. The summed E-state index contributed by atoms with van der Waals surface area (Å²) < 4.78 is 33.1. The molecule has 0 aliphatic carbocycles. The van der Waals surface area contributed by atoms with E-state index >= 15 is 0 Å². The van der Waals surface area contributed by atoms with Gasteiger partial charge in [0.25, 0.3) is 6.43 Å². The van der Waals surface area contributed by atoms with Gasteiger partial charge in [0.1, 0.15) is 5.69 Å². The Morgan fingerprint density at radius 3 is 2.89 bits per heavy atom. The third-order valence-electron chi connectivity index (χ3n) is 2.95. The lowest BCUT2D eigenvalue weighted by Crippen LogP contribution is -1.99. The monoisotopic (exact) mass is 263 g/mol. The number of pyridine rings is 1. The molecule has 0 saturated heterocycles. The molecule has 0 atom stereocenters. The summed E-state index contributed by atoms with van der Waals surface area (Å²) in [6.45, 7) is 2.45. The Kier molecular flexibility index (Phi) is 2.77. The Hall–Kier alpha value is -2.24. The second-order valence-electron chi connectivity index (χ2n) is 4.07. The number of hydrogen-bond acceptors (Lipinski definition) is 3. The van der Waals surface area contributed by atoms with Gasteiger partial charge in [-0.2, -0.15) is 5.10 Å². The zero-order valence-corrected chi connectivity index (χ0v) is 10.2. The van der Waals surface area contributed by atoms with E-state index in [1.165, 1.54) is 18.5 Å².